The zero-order valence-corrected chi connectivity index (χ0v) is 14.4. The van der Waals surface area contributed by atoms with Gasteiger partial charge in [0.1, 0.15) is 0 Å². The lowest BCUT2D eigenvalue weighted by Crippen LogP contribution is -2.32. The van der Waals surface area contributed by atoms with Gasteiger partial charge in [-0.05, 0) is 44.1 Å². The Bertz CT molecular complexity index is 424. The van der Waals surface area contributed by atoms with Crippen LogP contribution in [-0.2, 0) is 13.5 Å². The van der Waals surface area contributed by atoms with Gasteiger partial charge in [-0.15, -0.1) is 0 Å². The van der Waals surface area contributed by atoms with Gasteiger partial charge in [0.2, 0.25) is 0 Å². The molecular weight excluding hydrogens is 258 g/mol. The normalized spacial score (nSPS) is 24.2. The fraction of sp³-hybridized carbons (Fsp3) is 0.833. The zero-order valence-electron chi connectivity index (χ0n) is 14.4. The molecule has 3 unspecified atom stereocenters. The second kappa shape index (κ2) is 7.98. The van der Waals surface area contributed by atoms with Crippen molar-refractivity contribution in [3.63, 3.8) is 0 Å². The lowest BCUT2D eigenvalue weighted by atomic mass is 9.75. The van der Waals surface area contributed by atoms with Crippen LogP contribution in [0.5, 0.6) is 0 Å². The highest BCUT2D eigenvalue weighted by molar-refractivity contribution is 5.22. The van der Waals surface area contributed by atoms with Crippen LogP contribution in [0.15, 0.2) is 6.20 Å². The van der Waals surface area contributed by atoms with Crippen molar-refractivity contribution in [2.45, 2.75) is 71.8 Å². The summed E-state index contributed by atoms with van der Waals surface area (Å²) in [6, 6.07) is 0.503. The number of hydrogen-bond acceptors (Lipinski definition) is 2. The van der Waals surface area contributed by atoms with Crippen LogP contribution in [0.3, 0.4) is 0 Å². The Balaban J connectivity index is 2.20. The summed E-state index contributed by atoms with van der Waals surface area (Å²) in [6.07, 6.45) is 11.4. The molecule has 1 saturated carbocycles. The second-order valence-electron chi connectivity index (χ2n) is 6.69. The maximum atomic E-state index is 4.67. The van der Waals surface area contributed by atoms with Crippen LogP contribution >= 0.6 is 0 Å². The Morgan fingerprint density at radius 3 is 2.81 bits per heavy atom. The molecule has 120 valence electrons. The molecule has 1 heterocycles. The molecule has 0 radical (unpaired) electrons. The zero-order chi connectivity index (χ0) is 15.2. The molecule has 2 rings (SSSR count). The maximum absolute atomic E-state index is 4.67. The predicted octanol–water partition coefficient (Wildman–Crippen LogP) is 4.24. The van der Waals surface area contributed by atoms with Crippen molar-refractivity contribution in [2.24, 2.45) is 18.9 Å². The summed E-state index contributed by atoms with van der Waals surface area (Å²) in [5.41, 5.74) is 2.74. The number of hydrogen-bond donors (Lipinski definition) is 1. The third-order valence-electron chi connectivity index (χ3n) is 5.09. The molecule has 0 aliphatic heterocycles. The molecular formula is C18H33N3. The molecule has 3 nitrogen and oxygen atoms in total. The van der Waals surface area contributed by atoms with Gasteiger partial charge < -0.3 is 5.32 Å². The van der Waals surface area contributed by atoms with Gasteiger partial charge in [-0.2, -0.15) is 5.10 Å². The Morgan fingerprint density at radius 2 is 2.14 bits per heavy atom. The maximum Gasteiger partial charge on any atom is 0.0669 e. The molecule has 0 aromatic carbocycles. The van der Waals surface area contributed by atoms with E-state index in [4.69, 9.17) is 0 Å². The van der Waals surface area contributed by atoms with E-state index >= 15 is 0 Å². The van der Waals surface area contributed by atoms with Gasteiger partial charge in [-0.3, -0.25) is 4.68 Å². The Kier molecular flexibility index (Phi) is 6.28. The summed E-state index contributed by atoms with van der Waals surface area (Å²) in [5, 5.41) is 8.50. The molecule has 1 aliphatic rings. The highest BCUT2D eigenvalue weighted by Crippen LogP contribution is 2.39. The van der Waals surface area contributed by atoms with Gasteiger partial charge in [0.25, 0.3) is 0 Å². The summed E-state index contributed by atoms with van der Waals surface area (Å²) in [4.78, 5) is 0. The van der Waals surface area contributed by atoms with E-state index in [0.29, 0.717) is 6.04 Å². The minimum atomic E-state index is 0.503. The van der Waals surface area contributed by atoms with Crippen LogP contribution in [-0.4, -0.2) is 16.3 Å². The molecule has 3 atom stereocenters. The lowest BCUT2D eigenvalue weighted by molar-refractivity contribution is 0.209. The van der Waals surface area contributed by atoms with Crippen molar-refractivity contribution < 1.29 is 0 Å². The first kappa shape index (κ1) is 16.5. The minimum Gasteiger partial charge on any atom is -0.310 e. The predicted molar refractivity (Wildman–Crippen MR) is 89.4 cm³/mol. The van der Waals surface area contributed by atoms with Gasteiger partial charge in [-0.25, -0.2) is 0 Å². The number of rotatable bonds is 7. The van der Waals surface area contributed by atoms with Crippen molar-refractivity contribution in [2.75, 3.05) is 6.54 Å². The fourth-order valence-corrected chi connectivity index (χ4v) is 3.92. The summed E-state index contributed by atoms with van der Waals surface area (Å²) in [5.74, 6) is 1.71. The van der Waals surface area contributed by atoms with E-state index in [0.717, 1.165) is 24.8 Å². The van der Waals surface area contributed by atoms with E-state index in [1.165, 1.54) is 49.8 Å². The fourth-order valence-electron chi connectivity index (χ4n) is 3.92. The first-order valence-corrected chi connectivity index (χ1v) is 8.95. The van der Waals surface area contributed by atoms with Crippen molar-refractivity contribution in [3.05, 3.63) is 17.5 Å². The lowest BCUT2D eigenvalue weighted by Gasteiger charge is -2.35. The number of nitrogens with one attached hydrogen (secondary N) is 1. The molecule has 1 aromatic heterocycles. The van der Waals surface area contributed by atoms with Crippen LogP contribution in [0.4, 0.5) is 0 Å². The molecule has 0 amide bonds. The van der Waals surface area contributed by atoms with Crippen LogP contribution in [0.1, 0.15) is 76.6 Å². The van der Waals surface area contributed by atoms with Crippen molar-refractivity contribution in [1.82, 2.24) is 15.1 Å². The SMILES string of the molecule is CCCNC(c1cn(C)nc1CC)C1CCCC(CC)C1. The first-order valence-electron chi connectivity index (χ1n) is 8.95. The second-order valence-corrected chi connectivity index (χ2v) is 6.69. The van der Waals surface area contributed by atoms with Crippen LogP contribution in [0.25, 0.3) is 0 Å². The highest BCUT2D eigenvalue weighted by Gasteiger charge is 2.30. The third-order valence-corrected chi connectivity index (χ3v) is 5.09. The molecule has 21 heavy (non-hydrogen) atoms. The molecule has 1 N–H and O–H groups in total. The first-order chi connectivity index (χ1) is 10.2. The van der Waals surface area contributed by atoms with Crippen LogP contribution in [0, 0.1) is 11.8 Å². The van der Waals surface area contributed by atoms with E-state index in [2.05, 4.69) is 44.4 Å². The van der Waals surface area contributed by atoms with E-state index < -0.39 is 0 Å². The van der Waals surface area contributed by atoms with Crippen LogP contribution < -0.4 is 5.32 Å². The molecule has 1 fully saturated rings. The summed E-state index contributed by atoms with van der Waals surface area (Å²) in [6.45, 7) is 7.93. The van der Waals surface area contributed by atoms with Gasteiger partial charge in [0, 0.05) is 24.8 Å². The van der Waals surface area contributed by atoms with Gasteiger partial charge in [-0.1, -0.05) is 40.0 Å². The van der Waals surface area contributed by atoms with Gasteiger partial charge >= 0.3 is 0 Å². The Morgan fingerprint density at radius 1 is 1.33 bits per heavy atom. The summed E-state index contributed by atoms with van der Waals surface area (Å²) >= 11 is 0. The van der Waals surface area contributed by atoms with Crippen LogP contribution in [0.2, 0.25) is 0 Å². The van der Waals surface area contributed by atoms with E-state index in [-0.39, 0.29) is 0 Å². The van der Waals surface area contributed by atoms with E-state index in [1.54, 1.807) is 0 Å². The number of aromatic nitrogens is 2. The van der Waals surface area contributed by atoms with Crippen molar-refractivity contribution in [1.29, 1.82) is 0 Å². The summed E-state index contributed by atoms with van der Waals surface area (Å²) < 4.78 is 1.99. The topological polar surface area (TPSA) is 29.9 Å². The van der Waals surface area contributed by atoms with Crippen molar-refractivity contribution >= 4 is 0 Å². The molecule has 0 spiro atoms. The van der Waals surface area contributed by atoms with E-state index in [9.17, 15) is 0 Å². The highest BCUT2D eigenvalue weighted by atomic mass is 15.3. The average molecular weight is 291 g/mol. The Labute approximate surface area is 130 Å². The van der Waals surface area contributed by atoms with Crippen molar-refractivity contribution in [3.8, 4) is 0 Å². The molecule has 0 saturated heterocycles. The average Bonchev–Trinajstić information content (AvgIpc) is 2.89. The quantitative estimate of drug-likeness (QED) is 0.814. The standard InChI is InChI=1S/C18H33N3/c1-5-11-19-18(15-10-8-9-14(6-2)12-15)16-13-21(4)20-17(16)7-3/h13-15,18-19H,5-12H2,1-4H3. The van der Waals surface area contributed by atoms with Gasteiger partial charge in [0.05, 0.1) is 5.69 Å². The molecule has 0 bridgehead atoms. The third kappa shape index (κ3) is 4.09. The molecule has 1 aromatic rings. The largest absolute Gasteiger partial charge is 0.310 e. The summed E-state index contributed by atoms with van der Waals surface area (Å²) in [7, 11) is 2.05. The smallest absolute Gasteiger partial charge is 0.0669 e. The van der Waals surface area contributed by atoms with E-state index in [1.807, 2.05) is 4.68 Å². The minimum absolute atomic E-state index is 0.503. The molecule has 1 aliphatic carbocycles. The number of aryl methyl sites for hydroxylation is 2. The van der Waals surface area contributed by atoms with Gasteiger partial charge in [0.15, 0.2) is 0 Å². The Hall–Kier alpha value is -0.830. The number of nitrogens with zero attached hydrogens (tertiary/aromatic N) is 2. The monoisotopic (exact) mass is 291 g/mol. The molecule has 3 heteroatoms.